The van der Waals surface area contributed by atoms with Crippen LogP contribution in [-0.4, -0.2) is 6.18 Å². The second kappa shape index (κ2) is 14.6. The van der Waals surface area contributed by atoms with E-state index in [0.717, 1.165) is 22.3 Å². The summed E-state index contributed by atoms with van der Waals surface area (Å²) in [7, 11) is 0. The summed E-state index contributed by atoms with van der Waals surface area (Å²) in [5.41, 5.74) is 6.10. The largest absolute Gasteiger partial charge is 1.00 e. The number of hydrogen-bond donors (Lipinski definition) is 0. The Morgan fingerprint density at radius 1 is 1.14 bits per heavy atom. The standard InChI is InChI=1S/C31H32F4.K.Rf/c1-5-28(30(32)20-31(33,34)35)21(2)18-22(3)29-17-16-27(19-23(29)4)26-14-12-25(13-15-26)24-10-8-6-7-9-11-24;;/h5-6,12-14,16-20,24H,3,7-11H2,1-2,4H3;;/q-2;+1;/b21-18-,28-5+,30-20-;;. The summed E-state index contributed by atoms with van der Waals surface area (Å²) in [5.74, 6) is -0.714. The van der Waals surface area contributed by atoms with Gasteiger partial charge in [0.2, 0.25) is 0 Å². The molecule has 0 amide bonds. The van der Waals surface area contributed by atoms with Crippen molar-refractivity contribution in [2.75, 3.05) is 0 Å². The van der Waals surface area contributed by atoms with Crippen LogP contribution in [0.3, 0.4) is 0 Å². The van der Waals surface area contributed by atoms with E-state index in [1.54, 1.807) is 13.0 Å². The molecule has 1 saturated carbocycles. The SMILES string of the molecule is C=C(\C=C(C)/C(=C\C)C(/F)=C/C(F)(F)F)c1ccc(-c2[c-]cc(C3CC[CH-]CCC3)cc2)cc1C.[K+].[Rf]. The van der Waals surface area contributed by atoms with Gasteiger partial charge in [-0.2, -0.15) is 26.0 Å². The number of alkyl halides is 3. The molecule has 2 aromatic carbocycles. The molecule has 0 bridgehead atoms. The van der Waals surface area contributed by atoms with Gasteiger partial charge in [0.1, 0.15) is 5.83 Å². The number of rotatable bonds is 6. The van der Waals surface area contributed by atoms with E-state index in [1.165, 1.54) is 50.7 Å². The number of allylic oxidation sites excluding steroid dienone is 7. The number of aryl methyl sites for hydroxylation is 1. The van der Waals surface area contributed by atoms with Crippen LogP contribution in [0.25, 0.3) is 16.7 Å². The van der Waals surface area contributed by atoms with E-state index in [1.807, 2.05) is 19.1 Å². The third kappa shape index (κ3) is 9.22. The van der Waals surface area contributed by atoms with Crippen molar-refractivity contribution in [1.29, 1.82) is 0 Å². The van der Waals surface area contributed by atoms with Gasteiger partial charge in [-0.05, 0) is 37.5 Å². The monoisotopic (exact) mass is 786 g/mol. The summed E-state index contributed by atoms with van der Waals surface area (Å²) < 4.78 is 51.9. The van der Waals surface area contributed by atoms with Crippen molar-refractivity contribution in [3.63, 3.8) is 0 Å². The van der Waals surface area contributed by atoms with Crippen molar-refractivity contribution < 1.29 is 68.9 Å². The maximum absolute atomic E-state index is 14.2. The van der Waals surface area contributed by atoms with Crippen LogP contribution in [0.15, 0.2) is 78.2 Å². The van der Waals surface area contributed by atoms with Crippen LogP contribution in [0.1, 0.15) is 68.6 Å². The predicted molar refractivity (Wildman–Crippen MR) is 137 cm³/mol. The normalized spacial score (nSPS) is 17.4. The summed E-state index contributed by atoms with van der Waals surface area (Å²) >= 11 is 0. The zero-order valence-electron chi connectivity index (χ0n) is 22.3. The van der Waals surface area contributed by atoms with Crippen LogP contribution in [0.4, 0.5) is 17.6 Å². The third-order valence-electron chi connectivity index (χ3n) is 6.52. The molecule has 188 valence electrons. The van der Waals surface area contributed by atoms with Crippen LogP contribution < -0.4 is 51.4 Å². The molecule has 6 heteroatoms. The number of halogens is 4. The van der Waals surface area contributed by atoms with E-state index < -0.39 is 12.0 Å². The fourth-order valence-corrected chi connectivity index (χ4v) is 4.70. The Kier molecular flexibility index (Phi) is 13.0. The molecular weight excluding hydrogens is 754 g/mol. The fourth-order valence-electron chi connectivity index (χ4n) is 4.70. The molecule has 3 rings (SSSR count). The first-order valence-electron chi connectivity index (χ1n) is 12.0. The van der Waals surface area contributed by atoms with E-state index in [-0.39, 0.29) is 63.0 Å². The molecular formula is C31H32F4KRf-. The molecule has 1 aliphatic rings. The molecule has 0 nitrogen and oxygen atoms in total. The van der Waals surface area contributed by atoms with Gasteiger partial charge in [-0.1, -0.05) is 73.2 Å². The van der Waals surface area contributed by atoms with Gasteiger partial charge in [0.15, 0.2) is 0 Å². The molecule has 0 aliphatic heterocycles. The molecule has 1 unspecified atom stereocenters. The molecule has 1 aliphatic carbocycles. The van der Waals surface area contributed by atoms with Crippen molar-refractivity contribution in [1.82, 2.24) is 0 Å². The molecule has 0 N–H and O–H groups in total. The molecule has 0 radical (unpaired) electrons. The van der Waals surface area contributed by atoms with Crippen LogP contribution in [0.2, 0.25) is 0 Å². The van der Waals surface area contributed by atoms with Gasteiger partial charge in [0, 0.05) is 5.57 Å². The predicted octanol–water partition coefficient (Wildman–Crippen LogP) is 7.04. The zero-order valence-corrected chi connectivity index (χ0v) is 31.8. The Labute approximate surface area is 255 Å². The quantitative estimate of drug-likeness (QED) is 0.0971. The van der Waals surface area contributed by atoms with Crippen molar-refractivity contribution in [2.45, 2.75) is 65.0 Å². The molecule has 2 aromatic rings. The Bertz CT molecular complexity index is 1130. The van der Waals surface area contributed by atoms with Gasteiger partial charge in [-0.3, -0.25) is 0 Å². The average Bonchev–Trinajstić information content (AvgIpc) is 3.08. The second-order valence-corrected chi connectivity index (χ2v) is 9.15. The number of hydrogen-bond acceptors (Lipinski definition) is 0. The van der Waals surface area contributed by atoms with Crippen molar-refractivity contribution in [2.24, 2.45) is 0 Å². The maximum Gasteiger partial charge on any atom is 1.00 e. The summed E-state index contributed by atoms with van der Waals surface area (Å²) in [6, 6.07) is 15.9. The molecule has 37 heavy (non-hydrogen) atoms. The first-order valence-corrected chi connectivity index (χ1v) is 12.0. The molecule has 0 spiro atoms. The smallest absolute Gasteiger partial charge is 0.328 e. The molecule has 1 atom stereocenters. The van der Waals surface area contributed by atoms with Gasteiger partial charge in [0.05, 0.1) is 6.08 Å². The van der Waals surface area contributed by atoms with Crippen molar-refractivity contribution >= 4 is 5.57 Å². The van der Waals surface area contributed by atoms with E-state index in [4.69, 9.17) is 0 Å². The van der Waals surface area contributed by atoms with Crippen LogP contribution in [-0.2, 0) is 0 Å². The summed E-state index contributed by atoms with van der Waals surface area (Å²) in [6.45, 7) is 9.12. The Balaban J connectivity index is 0.00000342. The zero-order chi connectivity index (χ0) is 25.6. The van der Waals surface area contributed by atoms with E-state index in [2.05, 4.69) is 43.3 Å². The van der Waals surface area contributed by atoms with Crippen molar-refractivity contribution in [3.8, 4) is 11.1 Å². The summed E-state index contributed by atoms with van der Waals surface area (Å²) in [5, 5.41) is 0. The molecule has 0 aromatic heterocycles. The maximum atomic E-state index is 14.2. The van der Waals surface area contributed by atoms with E-state index in [0.29, 0.717) is 17.1 Å². The molecule has 1 fully saturated rings. The first kappa shape index (κ1) is 32.8. The van der Waals surface area contributed by atoms with Gasteiger partial charge < -0.3 is 6.42 Å². The van der Waals surface area contributed by atoms with Gasteiger partial charge >= 0.3 is 57.6 Å². The Hall–Kier alpha value is -2.24. The van der Waals surface area contributed by atoms with Crippen molar-refractivity contribution in [3.05, 3.63) is 107 Å². The minimum atomic E-state index is -4.72. The molecule has 0 heterocycles. The Morgan fingerprint density at radius 2 is 1.86 bits per heavy atom. The first-order chi connectivity index (χ1) is 16.6. The van der Waals surface area contributed by atoms with Gasteiger partial charge in [0.25, 0.3) is 0 Å². The average molecular weight is 787 g/mol. The van der Waals surface area contributed by atoms with E-state index >= 15 is 0 Å². The second-order valence-electron chi connectivity index (χ2n) is 9.15. The summed E-state index contributed by atoms with van der Waals surface area (Å²) in [4.78, 5) is 0. The van der Waals surface area contributed by atoms with Gasteiger partial charge in [-0.25, -0.2) is 4.39 Å². The minimum absolute atomic E-state index is 0. The summed E-state index contributed by atoms with van der Waals surface area (Å²) in [6.07, 6.45) is 6.34. The van der Waals surface area contributed by atoms with Gasteiger partial charge in [-0.15, -0.1) is 35.4 Å². The number of benzene rings is 2. The van der Waals surface area contributed by atoms with E-state index in [9.17, 15) is 17.6 Å². The van der Waals surface area contributed by atoms with Crippen LogP contribution in [0, 0.1) is 19.4 Å². The van der Waals surface area contributed by atoms with Crippen LogP contribution in [0.5, 0.6) is 0 Å². The van der Waals surface area contributed by atoms with Crippen LogP contribution >= 0.6 is 0 Å². The minimum Gasteiger partial charge on any atom is -0.328 e. The Morgan fingerprint density at radius 3 is 2.46 bits per heavy atom. The third-order valence-corrected chi connectivity index (χ3v) is 6.52. The fraction of sp³-hybridized carbons (Fsp3) is 0.323. The molecule has 0 saturated heterocycles. The topological polar surface area (TPSA) is 0 Å².